The predicted molar refractivity (Wildman–Crippen MR) is 78.8 cm³/mol. The lowest BCUT2D eigenvalue weighted by atomic mass is 9.84. The molecule has 1 aromatic rings. The summed E-state index contributed by atoms with van der Waals surface area (Å²) in [5.74, 6) is 0.0614. The molecule has 0 saturated heterocycles. The minimum absolute atomic E-state index is 0.00828. The molecule has 0 bridgehead atoms. The molecule has 0 spiro atoms. The van der Waals surface area contributed by atoms with Crippen LogP contribution in [0, 0.1) is 16.0 Å². The first-order valence-corrected chi connectivity index (χ1v) is 7.20. The molecule has 7 nitrogen and oxygen atoms in total. The van der Waals surface area contributed by atoms with Crippen LogP contribution in [-0.2, 0) is 0 Å². The van der Waals surface area contributed by atoms with E-state index in [1.54, 1.807) is 0 Å². The molecule has 1 fully saturated rings. The fourth-order valence-electron chi connectivity index (χ4n) is 2.78. The van der Waals surface area contributed by atoms with Gasteiger partial charge in [-0.2, -0.15) is 0 Å². The van der Waals surface area contributed by atoms with Gasteiger partial charge < -0.3 is 11.1 Å². The van der Waals surface area contributed by atoms with Gasteiger partial charge >= 0.3 is 0 Å². The topological polar surface area (TPSA) is 111 Å². The monoisotopic (exact) mass is 292 g/mol. The number of carbonyl (C=O) groups is 1. The van der Waals surface area contributed by atoms with Crippen LogP contribution in [-0.4, -0.2) is 21.9 Å². The normalized spacial score (nSPS) is 17.2. The van der Waals surface area contributed by atoms with Gasteiger partial charge in [0, 0.05) is 12.1 Å². The third-order valence-electron chi connectivity index (χ3n) is 4.08. The number of nitro groups is 1. The molecule has 1 heterocycles. The van der Waals surface area contributed by atoms with Crippen LogP contribution in [0.4, 0.5) is 11.5 Å². The molecule has 7 heteroatoms. The molecule has 1 aromatic heterocycles. The maximum Gasteiger partial charge on any atom is 0.288 e. The number of anilines is 1. The second-order valence-corrected chi connectivity index (χ2v) is 5.54. The van der Waals surface area contributed by atoms with E-state index in [9.17, 15) is 14.9 Å². The molecule has 21 heavy (non-hydrogen) atoms. The standard InChI is InChI=1S/C14H20N4O3/c1-9(10-5-3-2-4-6-10)17-14(19)12-7-11(18(20)21)8-16-13(12)15/h7-10H,2-6H2,1H3,(H2,15,16)(H,17,19). The molecule has 1 amide bonds. The fraction of sp³-hybridized carbons (Fsp3) is 0.571. The number of pyridine rings is 1. The Morgan fingerprint density at radius 2 is 2.14 bits per heavy atom. The minimum Gasteiger partial charge on any atom is -0.383 e. The Labute approximate surface area is 123 Å². The van der Waals surface area contributed by atoms with Crippen LogP contribution in [0.2, 0.25) is 0 Å². The van der Waals surface area contributed by atoms with Crippen molar-refractivity contribution >= 4 is 17.4 Å². The average molecular weight is 292 g/mol. The average Bonchev–Trinajstić information content (AvgIpc) is 2.48. The zero-order valence-electron chi connectivity index (χ0n) is 12.0. The van der Waals surface area contributed by atoms with E-state index >= 15 is 0 Å². The predicted octanol–water partition coefficient (Wildman–Crippen LogP) is 2.27. The van der Waals surface area contributed by atoms with Gasteiger partial charge in [-0.25, -0.2) is 4.98 Å². The number of hydrogen-bond acceptors (Lipinski definition) is 5. The lowest BCUT2D eigenvalue weighted by molar-refractivity contribution is -0.385. The zero-order chi connectivity index (χ0) is 15.4. The molecule has 1 aliphatic carbocycles. The van der Waals surface area contributed by atoms with Crippen molar-refractivity contribution in [2.45, 2.75) is 45.1 Å². The van der Waals surface area contributed by atoms with Crippen LogP contribution >= 0.6 is 0 Å². The van der Waals surface area contributed by atoms with E-state index in [1.807, 2.05) is 6.92 Å². The number of aromatic nitrogens is 1. The molecule has 2 rings (SSSR count). The Morgan fingerprint density at radius 1 is 1.48 bits per heavy atom. The van der Waals surface area contributed by atoms with E-state index in [1.165, 1.54) is 25.3 Å². The highest BCUT2D eigenvalue weighted by Crippen LogP contribution is 2.26. The molecule has 0 aromatic carbocycles. The molecule has 3 N–H and O–H groups in total. The quantitative estimate of drug-likeness (QED) is 0.653. The highest BCUT2D eigenvalue weighted by atomic mass is 16.6. The van der Waals surface area contributed by atoms with Gasteiger partial charge in [-0.05, 0) is 25.7 Å². The van der Waals surface area contributed by atoms with Gasteiger partial charge in [0.2, 0.25) is 0 Å². The van der Waals surface area contributed by atoms with Gasteiger partial charge in [0.15, 0.2) is 0 Å². The van der Waals surface area contributed by atoms with Gasteiger partial charge in [-0.15, -0.1) is 0 Å². The fourth-order valence-corrected chi connectivity index (χ4v) is 2.78. The van der Waals surface area contributed by atoms with Crippen molar-refractivity contribution in [1.29, 1.82) is 0 Å². The van der Waals surface area contributed by atoms with Gasteiger partial charge in [0.25, 0.3) is 11.6 Å². The molecular weight excluding hydrogens is 272 g/mol. The van der Waals surface area contributed by atoms with Crippen LogP contribution in [0.5, 0.6) is 0 Å². The number of nitrogens with one attached hydrogen (secondary N) is 1. The zero-order valence-corrected chi connectivity index (χ0v) is 12.0. The van der Waals surface area contributed by atoms with Crippen LogP contribution in [0.1, 0.15) is 49.4 Å². The molecule has 1 unspecified atom stereocenters. The highest BCUT2D eigenvalue weighted by molar-refractivity contribution is 5.99. The molecule has 0 radical (unpaired) electrons. The molecule has 1 aliphatic rings. The number of carbonyl (C=O) groups excluding carboxylic acids is 1. The number of nitrogens with zero attached hydrogens (tertiary/aromatic N) is 2. The maximum atomic E-state index is 12.2. The Kier molecular flexibility index (Phi) is 4.72. The summed E-state index contributed by atoms with van der Waals surface area (Å²) in [6.07, 6.45) is 6.88. The van der Waals surface area contributed by atoms with Crippen molar-refractivity contribution in [2.24, 2.45) is 5.92 Å². The highest BCUT2D eigenvalue weighted by Gasteiger charge is 2.23. The van der Waals surface area contributed by atoms with E-state index in [0.717, 1.165) is 19.0 Å². The second-order valence-electron chi connectivity index (χ2n) is 5.54. The molecule has 0 aliphatic heterocycles. The SMILES string of the molecule is CC(NC(=O)c1cc([N+](=O)[O-])cnc1N)C1CCCCC1. The number of hydrogen-bond donors (Lipinski definition) is 2. The summed E-state index contributed by atoms with van der Waals surface area (Å²) in [5, 5.41) is 13.6. The molecular formula is C14H20N4O3. The Morgan fingerprint density at radius 3 is 2.76 bits per heavy atom. The summed E-state index contributed by atoms with van der Waals surface area (Å²) >= 11 is 0. The van der Waals surface area contributed by atoms with Crippen LogP contribution in [0.3, 0.4) is 0 Å². The smallest absolute Gasteiger partial charge is 0.288 e. The Bertz CT molecular complexity index is 541. The van der Waals surface area contributed by atoms with Gasteiger partial charge in [-0.3, -0.25) is 14.9 Å². The molecule has 1 saturated carbocycles. The van der Waals surface area contributed by atoms with Crippen molar-refractivity contribution < 1.29 is 9.72 Å². The second kappa shape index (κ2) is 6.51. The summed E-state index contributed by atoms with van der Waals surface area (Å²) in [6.45, 7) is 1.97. The van der Waals surface area contributed by atoms with Crippen LogP contribution < -0.4 is 11.1 Å². The summed E-state index contributed by atoms with van der Waals surface area (Å²) in [7, 11) is 0. The maximum absolute atomic E-state index is 12.2. The van der Waals surface area contributed by atoms with Gasteiger partial charge in [0.1, 0.15) is 12.0 Å². The van der Waals surface area contributed by atoms with Crippen molar-refractivity contribution in [3.63, 3.8) is 0 Å². The molecule has 114 valence electrons. The lowest BCUT2D eigenvalue weighted by Gasteiger charge is -2.28. The van der Waals surface area contributed by atoms with Crippen LogP contribution in [0.15, 0.2) is 12.3 Å². The largest absolute Gasteiger partial charge is 0.383 e. The van der Waals surface area contributed by atoms with E-state index in [2.05, 4.69) is 10.3 Å². The summed E-state index contributed by atoms with van der Waals surface area (Å²) in [4.78, 5) is 26.1. The first-order valence-electron chi connectivity index (χ1n) is 7.20. The van der Waals surface area contributed by atoms with Gasteiger partial charge in [-0.1, -0.05) is 19.3 Å². The molecule has 1 atom stereocenters. The number of amides is 1. The third-order valence-corrected chi connectivity index (χ3v) is 4.08. The van der Waals surface area contributed by atoms with Crippen molar-refractivity contribution in [1.82, 2.24) is 10.3 Å². The van der Waals surface area contributed by atoms with Crippen molar-refractivity contribution in [2.75, 3.05) is 5.73 Å². The van der Waals surface area contributed by atoms with Crippen LogP contribution in [0.25, 0.3) is 0 Å². The van der Waals surface area contributed by atoms with Crippen molar-refractivity contribution in [3.8, 4) is 0 Å². The van der Waals surface area contributed by atoms with E-state index in [0.29, 0.717) is 5.92 Å². The first-order chi connectivity index (χ1) is 9.99. The Hall–Kier alpha value is -2.18. The third kappa shape index (κ3) is 3.68. The first kappa shape index (κ1) is 15.2. The van der Waals surface area contributed by atoms with E-state index < -0.39 is 10.8 Å². The lowest BCUT2D eigenvalue weighted by Crippen LogP contribution is -2.39. The van der Waals surface area contributed by atoms with Crippen molar-refractivity contribution in [3.05, 3.63) is 27.9 Å². The van der Waals surface area contributed by atoms with E-state index in [4.69, 9.17) is 5.73 Å². The number of nitrogen functional groups attached to an aromatic ring is 1. The van der Waals surface area contributed by atoms with E-state index in [-0.39, 0.29) is 23.1 Å². The Balaban J connectivity index is 2.08. The minimum atomic E-state index is -0.589. The summed E-state index contributed by atoms with van der Waals surface area (Å²) in [6, 6.07) is 1.20. The summed E-state index contributed by atoms with van der Waals surface area (Å²) < 4.78 is 0. The summed E-state index contributed by atoms with van der Waals surface area (Å²) in [5.41, 5.74) is 5.48. The number of nitrogens with two attached hydrogens (primary N) is 1. The van der Waals surface area contributed by atoms with Gasteiger partial charge in [0.05, 0.1) is 10.5 Å². The number of rotatable bonds is 4.